The molecule has 8 nitrogen and oxygen atoms in total. The summed E-state index contributed by atoms with van der Waals surface area (Å²) in [5.41, 5.74) is 10.7. The highest BCUT2D eigenvalue weighted by Crippen LogP contribution is 2.41. The summed E-state index contributed by atoms with van der Waals surface area (Å²) in [7, 11) is 0. The zero-order valence-corrected chi connectivity index (χ0v) is 15.4. The number of nitrogen functional groups attached to an aromatic ring is 1. The van der Waals surface area contributed by atoms with E-state index in [0.29, 0.717) is 22.1 Å². The van der Waals surface area contributed by atoms with E-state index >= 15 is 0 Å². The van der Waals surface area contributed by atoms with Gasteiger partial charge >= 0.3 is 0 Å². The quantitative estimate of drug-likeness (QED) is 0.462. The summed E-state index contributed by atoms with van der Waals surface area (Å²) < 4.78 is 0. The lowest BCUT2D eigenvalue weighted by Crippen LogP contribution is -2.73. The zero-order valence-electron chi connectivity index (χ0n) is 14.5. The fourth-order valence-electron chi connectivity index (χ4n) is 3.45. The van der Waals surface area contributed by atoms with Crippen LogP contribution in [0, 0.1) is 16.7 Å². The molecule has 2 fully saturated rings. The standard InChI is InChI=1S/C18H18N8S/c19-7-13-3-5-22-16(6-13)25-9-18(10-25)11-26(12-18)17(27)24-23-8-15-14(20)2-1-4-21-15/h1-6,8H,9-12,20H2,(H,24,27)/b23-8-. The number of nitriles is 1. The molecular weight excluding hydrogens is 360 g/mol. The molecule has 136 valence electrons. The van der Waals surface area contributed by atoms with E-state index in [-0.39, 0.29) is 5.41 Å². The van der Waals surface area contributed by atoms with E-state index in [0.717, 1.165) is 32.0 Å². The zero-order chi connectivity index (χ0) is 18.9. The van der Waals surface area contributed by atoms with Crippen molar-refractivity contribution in [3.8, 4) is 6.07 Å². The van der Waals surface area contributed by atoms with Gasteiger partial charge in [-0.15, -0.1) is 0 Å². The fraction of sp³-hybridized carbons (Fsp3) is 0.278. The molecule has 1 spiro atoms. The number of aromatic nitrogens is 2. The second-order valence-electron chi connectivity index (χ2n) is 6.88. The number of likely N-dealkylation sites (tertiary alicyclic amines) is 1. The minimum atomic E-state index is 0.241. The van der Waals surface area contributed by atoms with Crippen LogP contribution >= 0.6 is 12.2 Å². The van der Waals surface area contributed by atoms with Crippen LogP contribution in [0.1, 0.15) is 11.3 Å². The van der Waals surface area contributed by atoms with Gasteiger partial charge in [0.2, 0.25) is 0 Å². The largest absolute Gasteiger partial charge is 0.397 e. The highest BCUT2D eigenvalue weighted by Gasteiger charge is 2.52. The van der Waals surface area contributed by atoms with Gasteiger partial charge in [0.1, 0.15) is 11.5 Å². The first-order valence-electron chi connectivity index (χ1n) is 8.48. The molecule has 0 amide bonds. The smallest absolute Gasteiger partial charge is 0.189 e. The normalized spacial score (nSPS) is 17.3. The Balaban J connectivity index is 1.26. The molecule has 2 aromatic rings. The second kappa shape index (κ2) is 6.81. The summed E-state index contributed by atoms with van der Waals surface area (Å²) in [6.45, 7) is 3.60. The Kier molecular flexibility index (Phi) is 4.33. The van der Waals surface area contributed by atoms with E-state index in [1.807, 2.05) is 6.07 Å². The molecular formula is C18H18N8S. The molecule has 0 aliphatic carbocycles. The van der Waals surface area contributed by atoms with Gasteiger partial charge < -0.3 is 15.5 Å². The summed E-state index contributed by atoms with van der Waals surface area (Å²) in [4.78, 5) is 12.8. The second-order valence-corrected chi connectivity index (χ2v) is 7.27. The third-order valence-corrected chi connectivity index (χ3v) is 5.16. The topological polar surface area (TPSA) is 106 Å². The number of thiocarbonyl (C=S) groups is 1. The van der Waals surface area contributed by atoms with Gasteiger partial charge in [0.05, 0.1) is 23.5 Å². The first-order chi connectivity index (χ1) is 13.1. The van der Waals surface area contributed by atoms with Crippen molar-refractivity contribution in [2.45, 2.75) is 0 Å². The van der Waals surface area contributed by atoms with Gasteiger partial charge in [-0.1, -0.05) is 0 Å². The summed E-state index contributed by atoms with van der Waals surface area (Å²) in [5.74, 6) is 0.858. The van der Waals surface area contributed by atoms with Gasteiger partial charge in [0, 0.05) is 44.0 Å². The first-order valence-corrected chi connectivity index (χ1v) is 8.89. The van der Waals surface area contributed by atoms with Crippen LogP contribution in [0.3, 0.4) is 0 Å². The molecule has 0 bridgehead atoms. The highest BCUT2D eigenvalue weighted by molar-refractivity contribution is 7.80. The molecule has 4 heterocycles. The van der Waals surface area contributed by atoms with Crippen LogP contribution in [0.15, 0.2) is 41.8 Å². The van der Waals surface area contributed by atoms with Crippen molar-refractivity contribution in [3.63, 3.8) is 0 Å². The Hall–Kier alpha value is -3.25. The van der Waals surface area contributed by atoms with Crippen LogP contribution in [-0.2, 0) is 0 Å². The SMILES string of the molecule is N#Cc1ccnc(N2CC3(CN(C(=S)N/N=C\c4ncccc4N)C3)C2)c1. The van der Waals surface area contributed by atoms with Crippen molar-refractivity contribution < 1.29 is 0 Å². The van der Waals surface area contributed by atoms with E-state index in [9.17, 15) is 0 Å². The molecule has 2 aromatic heterocycles. The third kappa shape index (κ3) is 3.39. The van der Waals surface area contributed by atoms with Crippen LogP contribution < -0.4 is 16.1 Å². The van der Waals surface area contributed by atoms with Crippen molar-refractivity contribution in [2.75, 3.05) is 36.8 Å². The van der Waals surface area contributed by atoms with E-state index in [1.54, 1.807) is 36.8 Å². The number of nitrogens with two attached hydrogens (primary N) is 1. The molecule has 3 N–H and O–H groups in total. The number of hydrogen-bond acceptors (Lipinski definition) is 7. The summed E-state index contributed by atoms with van der Waals surface area (Å²) in [6, 6.07) is 9.24. The lowest BCUT2D eigenvalue weighted by atomic mass is 9.73. The number of anilines is 2. The van der Waals surface area contributed by atoms with E-state index in [1.165, 1.54) is 0 Å². The molecule has 9 heteroatoms. The summed E-state index contributed by atoms with van der Waals surface area (Å²) >= 11 is 5.39. The predicted molar refractivity (Wildman–Crippen MR) is 107 cm³/mol. The monoisotopic (exact) mass is 378 g/mol. The Morgan fingerprint density at radius 3 is 2.85 bits per heavy atom. The van der Waals surface area contributed by atoms with Crippen molar-refractivity contribution >= 4 is 35.1 Å². The minimum absolute atomic E-state index is 0.241. The fourth-order valence-corrected chi connectivity index (χ4v) is 3.63. The van der Waals surface area contributed by atoms with E-state index < -0.39 is 0 Å². The molecule has 0 aromatic carbocycles. The first kappa shape index (κ1) is 17.2. The van der Waals surface area contributed by atoms with Crippen LogP contribution in [0.2, 0.25) is 0 Å². The predicted octanol–water partition coefficient (Wildman–Crippen LogP) is 0.961. The lowest BCUT2D eigenvalue weighted by Gasteiger charge is -2.60. The molecule has 2 aliphatic heterocycles. The maximum atomic E-state index is 9.00. The van der Waals surface area contributed by atoms with Gasteiger partial charge in [-0.05, 0) is 36.5 Å². The third-order valence-electron chi connectivity index (χ3n) is 4.81. The maximum Gasteiger partial charge on any atom is 0.189 e. The van der Waals surface area contributed by atoms with Gasteiger partial charge in [0.25, 0.3) is 0 Å². The maximum absolute atomic E-state index is 9.00. The van der Waals surface area contributed by atoms with Gasteiger partial charge in [-0.2, -0.15) is 10.4 Å². The van der Waals surface area contributed by atoms with Gasteiger partial charge in [-0.3, -0.25) is 10.4 Å². The molecule has 2 saturated heterocycles. The number of rotatable bonds is 3. The molecule has 0 radical (unpaired) electrons. The van der Waals surface area contributed by atoms with Crippen molar-refractivity contribution in [1.29, 1.82) is 5.26 Å². The Labute approximate surface area is 162 Å². The number of pyridine rings is 2. The van der Waals surface area contributed by atoms with Gasteiger partial charge in [0.15, 0.2) is 5.11 Å². The van der Waals surface area contributed by atoms with E-state index in [4.69, 9.17) is 23.2 Å². The van der Waals surface area contributed by atoms with Gasteiger partial charge in [-0.25, -0.2) is 4.98 Å². The van der Waals surface area contributed by atoms with Crippen LogP contribution in [-0.4, -0.2) is 52.4 Å². The number of nitrogens with zero attached hydrogens (tertiary/aromatic N) is 6. The summed E-state index contributed by atoms with van der Waals surface area (Å²) in [5, 5.41) is 13.7. The molecule has 2 aliphatic rings. The average Bonchev–Trinajstić information content (AvgIpc) is 2.61. The number of nitrogens with one attached hydrogen (secondary N) is 1. The van der Waals surface area contributed by atoms with Crippen LogP contribution in [0.25, 0.3) is 0 Å². The lowest BCUT2D eigenvalue weighted by molar-refractivity contribution is 0.0283. The Bertz CT molecular complexity index is 936. The molecule has 27 heavy (non-hydrogen) atoms. The average molecular weight is 378 g/mol. The Morgan fingerprint density at radius 2 is 2.11 bits per heavy atom. The van der Waals surface area contributed by atoms with Crippen molar-refractivity contribution in [3.05, 3.63) is 47.9 Å². The highest BCUT2D eigenvalue weighted by atomic mass is 32.1. The summed E-state index contributed by atoms with van der Waals surface area (Å²) in [6.07, 6.45) is 4.91. The van der Waals surface area contributed by atoms with Crippen LogP contribution in [0.5, 0.6) is 0 Å². The van der Waals surface area contributed by atoms with E-state index in [2.05, 4.69) is 36.4 Å². The molecule has 0 atom stereocenters. The van der Waals surface area contributed by atoms with Crippen LogP contribution in [0.4, 0.5) is 11.5 Å². The minimum Gasteiger partial charge on any atom is -0.397 e. The molecule has 4 rings (SSSR count). The molecule has 0 saturated carbocycles. The van der Waals surface area contributed by atoms with Crippen molar-refractivity contribution in [2.24, 2.45) is 10.5 Å². The molecule has 0 unspecified atom stereocenters. The number of hydrazone groups is 1. The Morgan fingerprint density at radius 1 is 1.30 bits per heavy atom. The van der Waals surface area contributed by atoms with Crippen molar-refractivity contribution in [1.82, 2.24) is 20.3 Å². The number of hydrogen-bond donors (Lipinski definition) is 2.